The number of aromatic hydroxyl groups is 2. The molecule has 0 fully saturated rings. The summed E-state index contributed by atoms with van der Waals surface area (Å²) in [5.74, 6) is -0.300. The molecular weight excluding hydrogens is 182 g/mol. The van der Waals surface area contributed by atoms with Gasteiger partial charge in [-0.2, -0.15) is 0 Å². The third-order valence-electron chi connectivity index (χ3n) is 1.72. The van der Waals surface area contributed by atoms with Gasteiger partial charge < -0.3 is 15.1 Å². The lowest BCUT2D eigenvalue weighted by Gasteiger charge is -2.02. The van der Waals surface area contributed by atoms with Gasteiger partial charge in [0.15, 0.2) is 11.5 Å². The van der Waals surface area contributed by atoms with E-state index in [4.69, 9.17) is 9.94 Å². The van der Waals surface area contributed by atoms with Gasteiger partial charge in [0.2, 0.25) is 0 Å². The third-order valence-corrected chi connectivity index (χ3v) is 1.72. The first-order valence-electron chi connectivity index (χ1n) is 4.34. The van der Waals surface area contributed by atoms with E-state index < -0.39 is 0 Å². The number of hydrogen-bond acceptors (Lipinski definition) is 4. The molecule has 14 heavy (non-hydrogen) atoms. The summed E-state index contributed by atoms with van der Waals surface area (Å²) in [4.78, 5) is 4.86. The van der Waals surface area contributed by atoms with Crippen molar-refractivity contribution >= 4 is 5.71 Å². The average Bonchev–Trinajstić information content (AvgIpc) is 2.18. The second-order valence-corrected chi connectivity index (χ2v) is 2.80. The molecule has 1 aromatic carbocycles. The van der Waals surface area contributed by atoms with Crippen LogP contribution in [0.25, 0.3) is 0 Å². The zero-order valence-electron chi connectivity index (χ0n) is 8.19. The number of nitrogens with zero attached hydrogens (tertiary/aromatic N) is 1. The van der Waals surface area contributed by atoms with Crippen molar-refractivity contribution in [1.29, 1.82) is 0 Å². The molecule has 0 aliphatic rings. The Kier molecular flexibility index (Phi) is 3.34. The highest BCUT2D eigenvalue weighted by molar-refractivity contribution is 5.98. The summed E-state index contributed by atoms with van der Waals surface area (Å²) in [6.45, 7) is 4.11. The maximum atomic E-state index is 9.23. The molecule has 0 unspecified atom stereocenters. The molecule has 0 radical (unpaired) electrons. The fourth-order valence-electron chi connectivity index (χ4n) is 0.963. The Bertz CT molecular complexity index is 347. The van der Waals surface area contributed by atoms with Crippen molar-refractivity contribution in [3.8, 4) is 11.5 Å². The molecular formula is C10H13NO3. The molecule has 0 saturated heterocycles. The Morgan fingerprint density at radius 2 is 2.07 bits per heavy atom. The van der Waals surface area contributed by atoms with E-state index in [2.05, 4.69) is 5.16 Å². The quantitative estimate of drug-likeness (QED) is 0.439. The maximum absolute atomic E-state index is 9.23. The van der Waals surface area contributed by atoms with Crippen molar-refractivity contribution in [3.63, 3.8) is 0 Å². The summed E-state index contributed by atoms with van der Waals surface area (Å²) in [5.41, 5.74) is 1.37. The van der Waals surface area contributed by atoms with Crippen LogP contribution in [0.5, 0.6) is 11.5 Å². The lowest BCUT2D eigenvalue weighted by molar-refractivity contribution is 0.159. The summed E-state index contributed by atoms with van der Waals surface area (Å²) in [6, 6.07) is 4.51. The van der Waals surface area contributed by atoms with Gasteiger partial charge in [-0.25, -0.2) is 0 Å². The summed E-state index contributed by atoms with van der Waals surface area (Å²) in [7, 11) is 0. The van der Waals surface area contributed by atoms with E-state index in [1.54, 1.807) is 13.0 Å². The van der Waals surface area contributed by atoms with Crippen molar-refractivity contribution < 1.29 is 15.1 Å². The Hall–Kier alpha value is -1.71. The summed E-state index contributed by atoms with van der Waals surface area (Å²) in [6.07, 6.45) is 0. The second kappa shape index (κ2) is 4.50. The zero-order chi connectivity index (χ0) is 10.6. The number of phenolic OH excluding ortho intramolecular Hbond substituents is 2. The first-order chi connectivity index (χ1) is 6.65. The van der Waals surface area contributed by atoms with E-state index >= 15 is 0 Å². The van der Waals surface area contributed by atoms with Gasteiger partial charge in [0.05, 0.1) is 5.71 Å². The minimum Gasteiger partial charge on any atom is -0.504 e. The highest BCUT2D eigenvalue weighted by Crippen LogP contribution is 2.25. The number of phenols is 2. The Labute approximate surface area is 82.4 Å². The largest absolute Gasteiger partial charge is 0.504 e. The van der Waals surface area contributed by atoms with Gasteiger partial charge in [-0.1, -0.05) is 5.16 Å². The van der Waals surface area contributed by atoms with Gasteiger partial charge in [-0.15, -0.1) is 0 Å². The Morgan fingerprint density at radius 1 is 1.36 bits per heavy atom. The standard InChI is InChI=1S/C10H13NO3/c1-3-14-11-7(2)8-4-5-9(12)10(13)6-8/h4-6,12-13H,3H2,1-2H3. The predicted octanol–water partition coefficient (Wildman–Crippen LogP) is 1.86. The fourth-order valence-corrected chi connectivity index (χ4v) is 0.963. The van der Waals surface area contributed by atoms with E-state index in [1.807, 2.05) is 6.92 Å². The van der Waals surface area contributed by atoms with Crippen LogP contribution in [0, 0.1) is 0 Å². The summed E-state index contributed by atoms with van der Waals surface area (Å²) < 4.78 is 0. The van der Waals surface area contributed by atoms with Crippen LogP contribution >= 0.6 is 0 Å². The van der Waals surface area contributed by atoms with Gasteiger partial charge in [-0.3, -0.25) is 0 Å². The Morgan fingerprint density at radius 3 is 2.64 bits per heavy atom. The molecule has 0 aromatic heterocycles. The maximum Gasteiger partial charge on any atom is 0.158 e. The van der Waals surface area contributed by atoms with E-state index in [0.29, 0.717) is 17.9 Å². The van der Waals surface area contributed by atoms with Crippen LogP contribution in [0.15, 0.2) is 23.4 Å². The van der Waals surface area contributed by atoms with Crippen molar-refractivity contribution in [3.05, 3.63) is 23.8 Å². The van der Waals surface area contributed by atoms with E-state index in [1.165, 1.54) is 12.1 Å². The predicted molar refractivity (Wildman–Crippen MR) is 53.6 cm³/mol. The van der Waals surface area contributed by atoms with Crippen LogP contribution in [-0.2, 0) is 4.84 Å². The Balaban J connectivity index is 2.91. The normalized spacial score (nSPS) is 11.4. The monoisotopic (exact) mass is 195 g/mol. The smallest absolute Gasteiger partial charge is 0.158 e. The molecule has 0 atom stereocenters. The first-order valence-corrected chi connectivity index (χ1v) is 4.34. The van der Waals surface area contributed by atoms with Crippen molar-refractivity contribution in [2.45, 2.75) is 13.8 Å². The van der Waals surface area contributed by atoms with Gasteiger partial charge >= 0.3 is 0 Å². The summed E-state index contributed by atoms with van der Waals surface area (Å²) >= 11 is 0. The first kappa shape index (κ1) is 10.4. The third kappa shape index (κ3) is 2.39. The van der Waals surface area contributed by atoms with E-state index in [0.717, 1.165) is 0 Å². The molecule has 0 saturated carbocycles. The van der Waals surface area contributed by atoms with Crippen LogP contribution in [0.3, 0.4) is 0 Å². The van der Waals surface area contributed by atoms with Crippen LogP contribution in [0.4, 0.5) is 0 Å². The van der Waals surface area contributed by atoms with Crippen LogP contribution in [-0.4, -0.2) is 22.5 Å². The molecule has 0 aliphatic carbocycles. The summed E-state index contributed by atoms with van der Waals surface area (Å²) in [5, 5.41) is 22.1. The molecule has 76 valence electrons. The fraction of sp³-hybridized carbons (Fsp3) is 0.300. The molecule has 1 rings (SSSR count). The molecule has 2 N–H and O–H groups in total. The van der Waals surface area contributed by atoms with Gasteiger partial charge in [0, 0.05) is 5.56 Å². The lowest BCUT2D eigenvalue weighted by Crippen LogP contribution is -1.95. The topological polar surface area (TPSA) is 62.0 Å². The van der Waals surface area contributed by atoms with Crippen LogP contribution in [0.2, 0.25) is 0 Å². The van der Waals surface area contributed by atoms with Crippen molar-refractivity contribution in [1.82, 2.24) is 0 Å². The minimum absolute atomic E-state index is 0.141. The van der Waals surface area contributed by atoms with Crippen molar-refractivity contribution in [2.75, 3.05) is 6.61 Å². The molecule has 4 heteroatoms. The minimum atomic E-state index is -0.159. The molecule has 0 spiro atoms. The molecule has 0 bridgehead atoms. The number of benzene rings is 1. The number of hydrogen-bond donors (Lipinski definition) is 2. The zero-order valence-corrected chi connectivity index (χ0v) is 8.19. The number of oxime groups is 1. The molecule has 0 aliphatic heterocycles. The molecule has 4 nitrogen and oxygen atoms in total. The second-order valence-electron chi connectivity index (χ2n) is 2.80. The van der Waals surface area contributed by atoms with Crippen LogP contribution < -0.4 is 0 Å². The lowest BCUT2D eigenvalue weighted by atomic mass is 10.1. The molecule has 0 amide bonds. The SMILES string of the molecule is CCON=C(C)c1ccc(O)c(O)c1. The van der Waals surface area contributed by atoms with E-state index in [-0.39, 0.29) is 11.5 Å². The number of rotatable bonds is 3. The molecule has 1 aromatic rings. The van der Waals surface area contributed by atoms with Gasteiger partial charge in [0.25, 0.3) is 0 Å². The van der Waals surface area contributed by atoms with Crippen molar-refractivity contribution in [2.24, 2.45) is 5.16 Å². The van der Waals surface area contributed by atoms with Gasteiger partial charge in [-0.05, 0) is 32.0 Å². The van der Waals surface area contributed by atoms with Gasteiger partial charge in [0.1, 0.15) is 6.61 Å². The van der Waals surface area contributed by atoms with Crippen LogP contribution in [0.1, 0.15) is 19.4 Å². The molecule has 0 heterocycles. The average molecular weight is 195 g/mol. The highest BCUT2D eigenvalue weighted by Gasteiger charge is 2.03. The van der Waals surface area contributed by atoms with E-state index in [9.17, 15) is 5.11 Å². The highest BCUT2D eigenvalue weighted by atomic mass is 16.6.